The van der Waals surface area contributed by atoms with Crippen molar-refractivity contribution in [2.75, 3.05) is 5.33 Å². The van der Waals surface area contributed by atoms with Crippen molar-refractivity contribution in [1.82, 2.24) is 10.2 Å². The van der Waals surface area contributed by atoms with Gasteiger partial charge >= 0.3 is 0 Å². The number of nitrogens with zero attached hydrogens (tertiary/aromatic N) is 2. The van der Waals surface area contributed by atoms with E-state index in [9.17, 15) is 4.39 Å². The first-order valence-corrected chi connectivity index (χ1v) is 8.82. The molecule has 0 radical (unpaired) electrons. The normalized spacial score (nSPS) is 32.3. The van der Waals surface area contributed by atoms with Gasteiger partial charge in [-0.2, -0.15) is 10.2 Å². The number of hydrogen-bond acceptors (Lipinski definition) is 2. The largest absolute Gasteiger partial charge is 0.206 e. The van der Waals surface area contributed by atoms with Gasteiger partial charge in [-0.25, -0.2) is 4.39 Å². The summed E-state index contributed by atoms with van der Waals surface area (Å²) in [7, 11) is 0. The van der Waals surface area contributed by atoms with Gasteiger partial charge in [0, 0.05) is 16.3 Å². The van der Waals surface area contributed by atoms with Crippen molar-refractivity contribution >= 4 is 15.9 Å². The van der Waals surface area contributed by atoms with Crippen LogP contribution in [0.25, 0.3) is 11.3 Å². The van der Waals surface area contributed by atoms with Gasteiger partial charge in [0.15, 0.2) is 0 Å². The number of alkyl halides is 1. The van der Waals surface area contributed by atoms with Crippen LogP contribution in [0, 0.1) is 11.2 Å². The van der Waals surface area contributed by atoms with Crippen LogP contribution in [0.5, 0.6) is 0 Å². The first kappa shape index (κ1) is 14.3. The molecule has 114 valence electrons. The number of fused-ring (bicyclic) bond motifs is 5. The van der Waals surface area contributed by atoms with Crippen LogP contribution in [0.4, 0.5) is 4.39 Å². The van der Waals surface area contributed by atoms with Crippen molar-refractivity contribution in [3.05, 3.63) is 47.4 Å². The highest BCUT2D eigenvalue weighted by Crippen LogP contribution is 2.67. The zero-order valence-electron chi connectivity index (χ0n) is 12.7. The molecular weight excluding hydrogens is 343 g/mol. The highest BCUT2D eigenvalue weighted by Gasteiger charge is 2.62. The van der Waals surface area contributed by atoms with Crippen LogP contribution >= 0.6 is 15.9 Å². The Hall–Kier alpha value is -1.29. The third-order valence-corrected chi connectivity index (χ3v) is 7.28. The maximum absolute atomic E-state index is 14.0. The van der Waals surface area contributed by atoms with Crippen LogP contribution in [-0.4, -0.2) is 15.5 Å². The summed E-state index contributed by atoms with van der Waals surface area (Å²) in [5, 5.41) is 9.83. The number of benzene rings is 1. The Bertz CT molecular complexity index is 763. The minimum absolute atomic E-state index is 0.0667. The molecule has 2 aliphatic rings. The van der Waals surface area contributed by atoms with Crippen molar-refractivity contribution in [3.63, 3.8) is 0 Å². The van der Waals surface area contributed by atoms with Gasteiger partial charge in [0.1, 0.15) is 5.82 Å². The highest BCUT2D eigenvalue weighted by molar-refractivity contribution is 9.09. The van der Waals surface area contributed by atoms with Gasteiger partial charge in [-0.3, -0.25) is 0 Å². The van der Waals surface area contributed by atoms with Gasteiger partial charge in [-0.15, -0.1) is 0 Å². The third kappa shape index (κ3) is 1.59. The predicted octanol–water partition coefficient (Wildman–Crippen LogP) is 4.83. The van der Waals surface area contributed by atoms with E-state index in [1.165, 1.54) is 18.1 Å². The van der Waals surface area contributed by atoms with E-state index in [2.05, 4.69) is 46.0 Å². The van der Waals surface area contributed by atoms with E-state index in [0.717, 1.165) is 17.4 Å². The highest BCUT2D eigenvalue weighted by atomic mass is 79.9. The molecule has 2 nitrogen and oxygen atoms in total. The Balaban J connectivity index is 1.88. The lowest BCUT2D eigenvalue weighted by Crippen LogP contribution is -2.36. The third-order valence-electron chi connectivity index (χ3n) is 6.11. The molecule has 1 saturated carbocycles. The Labute approximate surface area is 138 Å². The molecule has 1 aromatic heterocycles. The average molecular weight is 361 g/mol. The number of rotatable bonds is 2. The Morgan fingerprint density at radius 3 is 2.77 bits per heavy atom. The van der Waals surface area contributed by atoms with E-state index < -0.39 is 0 Å². The molecule has 4 heteroatoms. The SMILES string of the molecule is CC12CCC(c3cc(-c4ccccc4F)nnc31)C2(C)CBr. The fraction of sp³-hybridized carbons (Fsp3) is 0.444. The molecule has 2 aliphatic carbocycles. The fourth-order valence-corrected chi connectivity index (χ4v) is 5.46. The standard InChI is InChI=1S/C18H18BrFN2/c1-17-8-7-13(18(17,2)10-19)12-9-15(21-22-16(12)17)11-5-3-4-6-14(11)20/h3-6,9,13H,7-8,10H2,1-2H3. The molecule has 1 heterocycles. The van der Waals surface area contributed by atoms with Gasteiger partial charge in [-0.1, -0.05) is 41.9 Å². The number of aromatic nitrogens is 2. The average Bonchev–Trinajstić information content (AvgIpc) is 2.90. The van der Waals surface area contributed by atoms with Crippen LogP contribution in [0.3, 0.4) is 0 Å². The smallest absolute Gasteiger partial charge is 0.132 e. The molecular formula is C18H18BrFN2. The molecule has 3 atom stereocenters. The molecule has 1 aromatic carbocycles. The lowest BCUT2D eigenvalue weighted by molar-refractivity contribution is 0.235. The summed E-state index contributed by atoms with van der Waals surface area (Å²) in [4.78, 5) is 0. The Morgan fingerprint density at radius 1 is 1.27 bits per heavy atom. The van der Waals surface area contributed by atoms with Crippen LogP contribution < -0.4 is 0 Å². The van der Waals surface area contributed by atoms with Crippen LogP contribution in [0.15, 0.2) is 30.3 Å². The van der Waals surface area contributed by atoms with E-state index >= 15 is 0 Å². The summed E-state index contributed by atoms with van der Waals surface area (Å²) in [6.45, 7) is 4.64. The van der Waals surface area contributed by atoms with E-state index in [1.54, 1.807) is 12.1 Å². The Morgan fingerprint density at radius 2 is 2.05 bits per heavy atom. The first-order valence-electron chi connectivity index (χ1n) is 7.70. The summed E-state index contributed by atoms with van der Waals surface area (Å²) in [6.07, 6.45) is 2.33. The molecule has 0 amide bonds. The minimum Gasteiger partial charge on any atom is -0.206 e. The Kier molecular flexibility index (Phi) is 3.00. The molecule has 2 bridgehead atoms. The van der Waals surface area contributed by atoms with Crippen LogP contribution in [-0.2, 0) is 5.41 Å². The number of halogens is 2. The van der Waals surface area contributed by atoms with Crippen molar-refractivity contribution in [1.29, 1.82) is 0 Å². The summed E-state index contributed by atoms with van der Waals surface area (Å²) < 4.78 is 14.0. The second-order valence-electron chi connectivity index (χ2n) is 6.99. The van der Waals surface area contributed by atoms with Crippen molar-refractivity contribution in [3.8, 4) is 11.3 Å². The zero-order chi connectivity index (χ0) is 15.5. The van der Waals surface area contributed by atoms with E-state index in [-0.39, 0.29) is 16.6 Å². The molecule has 4 rings (SSSR count). The zero-order valence-corrected chi connectivity index (χ0v) is 14.3. The van der Waals surface area contributed by atoms with E-state index in [4.69, 9.17) is 0 Å². The molecule has 1 fully saturated rings. The van der Waals surface area contributed by atoms with Gasteiger partial charge in [0.25, 0.3) is 0 Å². The minimum atomic E-state index is -0.241. The molecule has 0 aliphatic heterocycles. The van der Waals surface area contributed by atoms with Crippen molar-refractivity contribution < 1.29 is 4.39 Å². The fourth-order valence-electron chi connectivity index (χ4n) is 4.45. The van der Waals surface area contributed by atoms with Crippen molar-refractivity contribution in [2.24, 2.45) is 5.41 Å². The van der Waals surface area contributed by atoms with Gasteiger partial charge in [0.2, 0.25) is 0 Å². The maximum Gasteiger partial charge on any atom is 0.132 e. The second kappa shape index (κ2) is 4.60. The van der Waals surface area contributed by atoms with Gasteiger partial charge < -0.3 is 0 Å². The van der Waals surface area contributed by atoms with E-state index in [1.807, 2.05) is 6.07 Å². The van der Waals surface area contributed by atoms with Gasteiger partial charge in [-0.05, 0) is 47.9 Å². The molecule has 0 spiro atoms. The molecule has 0 saturated heterocycles. The summed E-state index contributed by atoms with van der Waals surface area (Å²) in [5.74, 6) is 0.238. The molecule has 22 heavy (non-hydrogen) atoms. The van der Waals surface area contributed by atoms with Crippen LogP contribution in [0.1, 0.15) is 43.9 Å². The first-order chi connectivity index (χ1) is 10.5. The summed E-state index contributed by atoms with van der Waals surface area (Å²) in [5.41, 5.74) is 3.79. The lowest BCUT2D eigenvalue weighted by Gasteiger charge is -2.36. The second-order valence-corrected chi connectivity index (χ2v) is 7.55. The summed E-state index contributed by atoms with van der Waals surface area (Å²) >= 11 is 3.71. The monoisotopic (exact) mass is 360 g/mol. The van der Waals surface area contributed by atoms with E-state index in [0.29, 0.717) is 17.2 Å². The van der Waals surface area contributed by atoms with Gasteiger partial charge in [0.05, 0.1) is 11.4 Å². The topological polar surface area (TPSA) is 25.8 Å². The maximum atomic E-state index is 14.0. The quantitative estimate of drug-likeness (QED) is 0.716. The molecule has 2 aromatic rings. The summed E-state index contributed by atoms with van der Waals surface area (Å²) in [6, 6.07) is 8.84. The predicted molar refractivity (Wildman–Crippen MR) is 88.7 cm³/mol. The van der Waals surface area contributed by atoms with Crippen molar-refractivity contribution in [2.45, 2.75) is 38.0 Å². The lowest BCUT2D eigenvalue weighted by atomic mass is 9.70. The molecule has 3 unspecified atom stereocenters. The number of hydrogen-bond donors (Lipinski definition) is 0. The molecule has 0 N–H and O–H groups in total. The van der Waals surface area contributed by atoms with Crippen LogP contribution in [0.2, 0.25) is 0 Å².